The van der Waals surface area contributed by atoms with Gasteiger partial charge in [-0.05, 0) is 18.2 Å². The van der Waals surface area contributed by atoms with E-state index in [1.54, 1.807) is 11.4 Å². The highest BCUT2D eigenvalue weighted by Crippen LogP contribution is 2.32. The number of hydrogen-bond acceptors (Lipinski definition) is 5. The number of amides is 1. The van der Waals surface area contributed by atoms with E-state index in [0.717, 1.165) is 11.3 Å². The number of aromatic nitrogens is 1. The summed E-state index contributed by atoms with van der Waals surface area (Å²) in [6.07, 6.45) is 0. The van der Waals surface area contributed by atoms with Crippen molar-refractivity contribution in [3.05, 3.63) is 44.9 Å². The first-order valence-electron chi connectivity index (χ1n) is 5.81. The van der Waals surface area contributed by atoms with Crippen molar-refractivity contribution >= 4 is 46.3 Å². The van der Waals surface area contributed by atoms with Crippen LogP contribution in [0.3, 0.4) is 0 Å². The van der Waals surface area contributed by atoms with E-state index in [1.807, 2.05) is 0 Å². The van der Waals surface area contributed by atoms with Crippen molar-refractivity contribution in [2.75, 3.05) is 4.90 Å². The smallest absolute Gasteiger partial charge is 0.365 e. The van der Waals surface area contributed by atoms with Crippen LogP contribution in [0.25, 0.3) is 0 Å². The molecule has 1 aromatic carbocycles. The second kappa shape index (κ2) is 4.94. The summed E-state index contributed by atoms with van der Waals surface area (Å²) in [5, 5.41) is 10.7. The molecule has 6 nitrogen and oxygen atoms in total. The molecule has 1 N–H and O–H groups in total. The Labute approximate surface area is 127 Å². The van der Waals surface area contributed by atoms with Gasteiger partial charge in [-0.2, -0.15) is 0 Å². The van der Waals surface area contributed by atoms with Crippen molar-refractivity contribution in [1.29, 1.82) is 0 Å². The van der Waals surface area contributed by atoms with Gasteiger partial charge in [-0.25, -0.2) is 9.78 Å². The molecule has 0 saturated carbocycles. The van der Waals surface area contributed by atoms with Crippen LogP contribution in [-0.2, 0) is 11.3 Å². The van der Waals surface area contributed by atoms with Crippen LogP contribution in [0.15, 0.2) is 23.6 Å². The van der Waals surface area contributed by atoms with Gasteiger partial charge in [-0.15, -0.1) is 11.3 Å². The van der Waals surface area contributed by atoms with Crippen molar-refractivity contribution < 1.29 is 19.5 Å². The average molecular weight is 323 g/mol. The largest absolute Gasteiger partial charge is 0.476 e. The molecule has 0 saturated heterocycles. The summed E-state index contributed by atoms with van der Waals surface area (Å²) in [6, 6.07) is 4.58. The number of halogens is 1. The Bertz CT molecular complexity index is 786. The van der Waals surface area contributed by atoms with Crippen LogP contribution >= 0.6 is 22.9 Å². The highest BCUT2D eigenvalue weighted by atomic mass is 35.5. The van der Waals surface area contributed by atoms with Gasteiger partial charge in [0.05, 0.1) is 23.5 Å². The number of carbonyl (C=O) groups excluding carboxylic acids is 2. The van der Waals surface area contributed by atoms with Crippen molar-refractivity contribution in [2.24, 2.45) is 0 Å². The van der Waals surface area contributed by atoms with Crippen molar-refractivity contribution in [3.8, 4) is 0 Å². The predicted octanol–water partition coefficient (Wildman–Crippen LogP) is 2.22. The Morgan fingerprint density at radius 2 is 2.14 bits per heavy atom. The first-order chi connectivity index (χ1) is 9.97. The number of fused-ring (bicyclic) bond motifs is 1. The summed E-state index contributed by atoms with van der Waals surface area (Å²) < 4.78 is 0. The number of thiazole rings is 1. The Hall–Kier alpha value is -2.25. The van der Waals surface area contributed by atoms with E-state index in [9.17, 15) is 14.4 Å². The van der Waals surface area contributed by atoms with Crippen LogP contribution in [0.1, 0.15) is 25.9 Å². The van der Waals surface area contributed by atoms with Gasteiger partial charge < -0.3 is 5.11 Å². The number of nitrogens with zero attached hydrogens (tertiary/aromatic N) is 2. The summed E-state index contributed by atoms with van der Waals surface area (Å²) in [5.74, 6) is -2.40. The van der Waals surface area contributed by atoms with Crippen molar-refractivity contribution in [1.82, 2.24) is 4.98 Å². The predicted molar refractivity (Wildman–Crippen MR) is 76.0 cm³/mol. The zero-order valence-corrected chi connectivity index (χ0v) is 11.9. The maximum absolute atomic E-state index is 12.0. The van der Waals surface area contributed by atoms with E-state index in [-0.39, 0.29) is 17.1 Å². The van der Waals surface area contributed by atoms with Crippen LogP contribution in [0.5, 0.6) is 0 Å². The second-order valence-electron chi connectivity index (χ2n) is 4.33. The van der Waals surface area contributed by atoms with Gasteiger partial charge in [0.2, 0.25) is 5.01 Å². The van der Waals surface area contributed by atoms with Gasteiger partial charge in [0, 0.05) is 10.4 Å². The van der Waals surface area contributed by atoms with E-state index in [4.69, 9.17) is 16.7 Å². The Balaban J connectivity index is 1.95. The maximum Gasteiger partial charge on any atom is 0.365 e. The number of ketones is 1. The molecule has 2 heterocycles. The van der Waals surface area contributed by atoms with E-state index in [0.29, 0.717) is 16.4 Å². The first kappa shape index (κ1) is 13.7. The lowest BCUT2D eigenvalue weighted by atomic mass is 10.1. The summed E-state index contributed by atoms with van der Waals surface area (Å²) >= 11 is 6.86. The van der Waals surface area contributed by atoms with Crippen molar-refractivity contribution in [2.45, 2.75) is 6.54 Å². The number of benzene rings is 1. The van der Waals surface area contributed by atoms with Gasteiger partial charge in [0.1, 0.15) is 0 Å². The van der Waals surface area contributed by atoms with Crippen molar-refractivity contribution in [3.63, 3.8) is 0 Å². The number of anilines is 1. The molecular formula is C13H7ClN2O4S. The molecule has 0 aliphatic carbocycles. The molecule has 3 rings (SSSR count). The summed E-state index contributed by atoms with van der Waals surface area (Å²) in [5.41, 5.74) is 1.12. The molecule has 8 heteroatoms. The van der Waals surface area contributed by atoms with Gasteiger partial charge in [-0.1, -0.05) is 11.6 Å². The number of rotatable bonds is 3. The zero-order chi connectivity index (χ0) is 15.1. The molecule has 106 valence electrons. The quantitative estimate of drug-likeness (QED) is 0.875. The fraction of sp³-hybridized carbons (Fsp3) is 0.0769. The molecule has 1 aliphatic rings. The minimum Gasteiger partial charge on any atom is -0.476 e. The molecule has 2 aromatic rings. The molecule has 1 amide bonds. The van der Waals surface area contributed by atoms with Crippen LogP contribution in [0.4, 0.5) is 5.69 Å². The van der Waals surface area contributed by atoms with E-state index < -0.39 is 17.7 Å². The number of aromatic carboxylic acids is 1. The summed E-state index contributed by atoms with van der Waals surface area (Å²) in [6.45, 7) is 0.0295. The molecule has 21 heavy (non-hydrogen) atoms. The fourth-order valence-electron chi connectivity index (χ4n) is 2.06. The second-order valence-corrected chi connectivity index (χ2v) is 5.63. The van der Waals surface area contributed by atoms with Gasteiger partial charge in [0.25, 0.3) is 11.7 Å². The van der Waals surface area contributed by atoms with E-state index in [1.165, 1.54) is 17.0 Å². The Kier molecular flexibility index (Phi) is 3.23. The van der Waals surface area contributed by atoms with Crippen LogP contribution in [-0.4, -0.2) is 27.8 Å². The van der Waals surface area contributed by atoms with E-state index in [2.05, 4.69) is 4.98 Å². The minimum atomic E-state index is -1.13. The number of hydrogen-bond donors (Lipinski definition) is 1. The monoisotopic (exact) mass is 322 g/mol. The lowest BCUT2D eigenvalue weighted by Gasteiger charge is -2.15. The highest BCUT2D eigenvalue weighted by Gasteiger charge is 2.36. The highest BCUT2D eigenvalue weighted by molar-refractivity contribution is 7.11. The number of carboxylic acids is 1. The molecule has 0 unspecified atom stereocenters. The SMILES string of the molecule is O=C(O)c1nc(CN2C(=O)C(=O)c3ccc(Cl)cc32)cs1. The lowest BCUT2D eigenvalue weighted by molar-refractivity contribution is -0.114. The maximum atomic E-state index is 12.0. The van der Waals surface area contributed by atoms with Crippen LogP contribution in [0.2, 0.25) is 5.02 Å². The standard InChI is InChI=1S/C13H7ClN2O4S/c14-6-1-2-8-9(3-6)16(12(18)10(8)17)4-7-5-21-11(15-7)13(19)20/h1-3,5H,4H2,(H,19,20). The minimum absolute atomic E-state index is 0.0295. The first-order valence-corrected chi connectivity index (χ1v) is 7.06. The zero-order valence-electron chi connectivity index (χ0n) is 10.4. The molecule has 0 fully saturated rings. The topological polar surface area (TPSA) is 87.6 Å². The van der Waals surface area contributed by atoms with Gasteiger partial charge >= 0.3 is 5.97 Å². The van der Waals surface area contributed by atoms with Crippen LogP contribution < -0.4 is 4.90 Å². The Morgan fingerprint density at radius 1 is 1.38 bits per heavy atom. The average Bonchev–Trinajstić information content (AvgIpc) is 2.99. The normalized spacial score (nSPS) is 13.7. The Morgan fingerprint density at radius 3 is 2.81 bits per heavy atom. The van der Waals surface area contributed by atoms with Crippen LogP contribution in [0, 0.1) is 0 Å². The summed E-state index contributed by atoms with van der Waals surface area (Å²) in [4.78, 5) is 39.9. The molecule has 1 aliphatic heterocycles. The molecule has 0 atom stereocenters. The van der Waals surface area contributed by atoms with Gasteiger partial charge in [0.15, 0.2) is 0 Å². The number of carbonyl (C=O) groups is 3. The third-order valence-corrected chi connectivity index (χ3v) is 4.10. The fourth-order valence-corrected chi connectivity index (χ4v) is 2.88. The lowest BCUT2D eigenvalue weighted by Crippen LogP contribution is -2.29. The third-order valence-electron chi connectivity index (χ3n) is 2.99. The number of carboxylic acid groups (broad SMARTS) is 1. The van der Waals surface area contributed by atoms with Gasteiger partial charge in [-0.3, -0.25) is 14.5 Å². The molecule has 0 bridgehead atoms. The molecule has 0 spiro atoms. The van der Waals surface area contributed by atoms with E-state index >= 15 is 0 Å². The summed E-state index contributed by atoms with van der Waals surface area (Å²) in [7, 11) is 0. The third kappa shape index (κ3) is 2.30. The molecule has 0 radical (unpaired) electrons. The molecule has 1 aromatic heterocycles. The number of Topliss-reactive ketones (excluding diaryl/α,β-unsaturated/α-hetero) is 1. The molecular weight excluding hydrogens is 316 g/mol.